The van der Waals surface area contributed by atoms with Crippen LogP contribution >= 0.6 is 11.1 Å². The summed E-state index contributed by atoms with van der Waals surface area (Å²) < 4.78 is 24.8. The Balaban J connectivity index is 2.00. The van der Waals surface area contributed by atoms with E-state index in [9.17, 15) is 9.35 Å². The van der Waals surface area contributed by atoms with Gasteiger partial charge in [-0.25, -0.2) is 4.99 Å². The lowest BCUT2D eigenvalue weighted by molar-refractivity contribution is 0.0827. The predicted molar refractivity (Wildman–Crippen MR) is 116 cm³/mol. The second-order valence-corrected chi connectivity index (χ2v) is 9.28. The van der Waals surface area contributed by atoms with Crippen molar-refractivity contribution in [3.63, 3.8) is 0 Å². The maximum absolute atomic E-state index is 12.2. The summed E-state index contributed by atoms with van der Waals surface area (Å²) in [6.45, 7) is 8.07. The van der Waals surface area contributed by atoms with Gasteiger partial charge in [0.25, 0.3) is 5.91 Å². The number of hydrogen-bond donors (Lipinski definition) is 2. The molecule has 2 unspecified atom stereocenters. The first kappa shape index (κ1) is 21.8. The lowest BCUT2D eigenvalue weighted by Crippen LogP contribution is -2.22. The number of nitrogens with one attached hydrogen (secondary N) is 2. The summed E-state index contributed by atoms with van der Waals surface area (Å²) in [6, 6.07) is 10.5. The monoisotopic (exact) mass is 429 g/mol. The number of rotatable bonds is 5. The third-order valence-electron chi connectivity index (χ3n) is 4.47. The summed E-state index contributed by atoms with van der Waals surface area (Å²) in [7, 11) is 3.40. The Morgan fingerprint density at radius 3 is 2.63 bits per heavy atom. The molecule has 0 radical (unpaired) electrons. The van der Waals surface area contributed by atoms with Crippen molar-refractivity contribution in [2.75, 3.05) is 19.4 Å². The Hall–Kier alpha value is -2.91. The summed E-state index contributed by atoms with van der Waals surface area (Å²) in [5, 5.41) is 3.13. The van der Waals surface area contributed by atoms with Gasteiger partial charge < -0.3 is 19.2 Å². The van der Waals surface area contributed by atoms with Gasteiger partial charge in [0.1, 0.15) is 17.6 Å². The largest absolute Gasteiger partial charge is 0.548 e. The number of aromatic amines is 1. The van der Waals surface area contributed by atoms with Crippen molar-refractivity contribution in [3.8, 4) is 0 Å². The van der Waals surface area contributed by atoms with Crippen LogP contribution in [0.25, 0.3) is 0 Å². The first-order valence-corrected chi connectivity index (χ1v) is 10.7. The second kappa shape index (κ2) is 8.45. The number of furan rings is 1. The molecule has 3 aromatic rings. The molecule has 1 amide bonds. The van der Waals surface area contributed by atoms with Crippen molar-refractivity contribution in [2.45, 2.75) is 33.7 Å². The molecular weight excluding hydrogens is 402 g/mol. The third-order valence-corrected chi connectivity index (χ3v) is 5.19. The standard InChI is InChI=1S/C21H27N5O3S/c1-13-10-11-16(29-13)17(21(2,3)4)23-19-18(24-30(28)25-19)22-15-9-7-8-14(12-15)20(27)26(5)6/h7-12,17H,1-6H3,(H,22,24)(H,23,25). The minimum atomic E-state index is -1.63. The molecule has 0 aliphatic heterocycles. The number of hydrogen-bond acceptors (Lipinski definition) is 6. The highest BCUT2D eigenvalue weighted by molar-refractivity contribution is 7.13. The highest BCUT2D eigenvalue weighted by Gasteiger charge is 2.29. The van der Waals surface area contributed by atoms with Crippen molar-refractivity contribution in [1.29, 1.82) is 0 Å². The lowest BCUT2D eigenvalue weighted by atomic mass is 9.86. The molecule has 0 aliphatic carbocycles. The Labute approximate surface area is 178 Å². The average Bonchev–Trinajstić information content (AvgIpc) is 3.23. The van der Waals surface area contributed by atoms with E-state index in [4.69, 9.17) is 9.41 Å². The molecule has 2 N–H and O–H groups in total. The number of aromatic nitrogens is 2. The molecule has 2 heterocycles. The van der Waals surface area contributed by atoms with E-state index in [2.05, 4.69) is 34.8 Å². The van der Waals surface area contributed by atoms with Gasteiger partial charge in [0.05, 0.1) is 0 Å². The third kappa shape index (κ3) is 4.98. The van der Waals surface area contributed by atoms with Crippen LogP contribution in [-0.2, 0) is 0 Å². The minimum absolute atomic E-state index is 0.108. The number of carbonyl (C=O) groups excluding carboxylic acids is 1. The van der Waals surface area contributed by atoms with E-state index in [0.29, 0.717) is 22.6 Å². The van der Waals surface area contributed by atoms with Crippen molar-refractivity contribution in [1.82, 2.24) is 13.6 Å². The van der Waals surface area contributed by atoms with Gasteiger partial charge in [-0.3, -0.25) is 4.79 Å². The second-order valence-electron chi connectivity index (χ2n) is 8.39. The van der Waals surface area contributed by atoms with E-state index in [0.717, 1.165) is 11.5 Å². The number of benzene rings is 1. The Morgan fingerprint density at radius 2 is 2.03 bits per heavy atom. The molecule has 0 saturated carbocycles. The van der Waals surface area contributed by atoms with Crippen LogP contribution in [0.3, 0.4) is 0 Å². The fourth-order valence-corrected chi connectivity index (χ4v) is 3.65. The van der Waals surface area contributed by atoms with Crippen LogP contribution in [0.1, 0.15) is 48.7 Å². The molecule has 1 aromatic carbocycles. The molecule has 2 atom stereocenters. The summed E-state index contributed by atoms with van der Waals surface area (Å²) in [6.07, 6.45) is 0. The number of H-pyrrole nitrogens is 1. The smallest absolute Gasteiger partial charge is 0.253 e. The van der Waals surface area contributed by atoms with Gasteiger partial charge >= 0.3 is 0 Å². The Morgan fingerprint density at radius 1 is 1.30 bits per heavy atom. The summed E-state index contributed by atoms with van der Waals surface area (Å²) in [5.41, 5.74) is 1.32. The summed E-state index contributed by atoms with van der Waals surface area (Å²) in [4.78, 5) is 18.5. The van der Waals surface area contributed by atoms with E-state index in [-0.39, 0.29) is 17.4 Å². The Bertz CT molecular complexity index is 1100. The molecule has 30 heavy (non-hydrogen) atoms. The van der Waals surface area contributed by atoms with Gasteiger partial charge in [-0.15, -0.1) is 4.37 Å². The predicted octanol–water partition coefficient (Wildman–Crippen LogP) is 4.17. The highest BCUT2D eigenvalue weighted by atomic mass is 32.2. The lowest BCUT2D eigenvalue weighted by Gasteiger charge is -2.25. The maximum Gasteiger partial charge on any atom is 0.253 e. The molecule has 160 valence electrons. The van der Waals surface area contributed by atoms with Crippen molar-refractivity contribution in [2.24, 2.45) is 10.4 Å². The van der Waals surface area contributed by atoms with E-state index >= 15 is 0 Å². The van der Waals surface area contributed by atoms with Crippen LogP contribution < -0.4 is 10.8 Å². The number of carbonyl (C=O) groups is 1. The number of nitrogens with zero attached hydrogens (tertiary/aromatic N) is 3. The molecule has 3 rings (SSSR count). The van der Waals surface area contributed by atoms with Crippen LogP contribution in [0.5, 0.6) is 0 Å². The van der Waals surface area contributed by atoms with Crippen LogP contribution in [0.2, 0.25) is 0 Å². The van der Waals surface area contributed by atoms with Crippen LogP contribution in [-0.4, -0.2) is 38.2 Å². The zero-order chi connectivity index (χ0) is 22.1. The average molecular weight is 430 g/mol. The summed E-state index contributed by atoms with van der Waals surface area (Å²) in [5.74, 6) is 1.77. The van der Waals surface area contributed by atoms with Crippen molar-refractivity contribution < 1.29 is 13.8 Å². The highest BCUT2D eigenvalue weighted by Crippen LogP contribution is 2.36. The van der Waals surface area contributed by atoms with Gasteiger partial charge in [-0.05, 0) is 42.7 Å². The van der Waals surface area contributed by atoms with E-state index < -0.39 is 11.1 Å². The molecule has 0 fully saturated rings. The topological polar surface area (TPSA) is 110 Å². The fraction of sp³-hybridized carbons (Fsp3) is 0.381. The van der Waals surface area contributed by atoms with Crippen LogP contribution in [0, 0.1) is 12.3 Å². The normalized spacial score (nSPS) is 14.0. The van der Waals surface area contributed by atoms with Gasteiger partial charge in [0, 0.05) is 29.7 Å². The van der Waals surface area contributed by atoms with Gasteiger partial charge in [0.2, 0.25) is 11.3 Å². The van der Waals surface area contributed by atoms with Crippen LogP contribution in [0.4, 0.5) is 11.5 Å². The number of amides is 1. The summed E-state index contributed by atoms with van der Waals surface area (Å²) >= 11 is -1.63. The van der Waals surface area contributed by atoms with Crippen molar-refractivity contribution >= 4 is 28.6 Å². The molecule has 8 nitrogen and oxygen atoms in total. The zero-order valence-electron chi connectivity index (χ0n) is 18.0. The van der Waals surface area contributed by atoms with E-state index in [1.54, 1.807) is 32.3 Å². The fourth-order valence-electron chi connectivity index (χ4n) is 2.99. The molecule has 0 aliphatic rings. The molecule has 2 aromatic heterocycles. The maximum atomic E-state index is 12.2. The molecule has 0 bridgehead atoms. The Kier molecular flexibility index (Phi) is 6.14. The van der Waals surface area contributed by atoms with Crippen molar-refractivity contribution in [3.05, 3.63) is 59.0 Å². The molecule has 0 spiro atoms. The van der Waals surface area contributed by atoms with E-state index in [1.807, 2.05) is 25.1 Å². The molecule has 0 saturated heterocycles. The van der Waals surface area contributed by atoms with E-state index in [1.165, 1.54) is 4.90 Å². The first-order valence-electron chi connectivity index (χ1n) is 9.55. The minimum Gasteiger partial charge on any atom is -0.548 e. The van der Waals surface area contributed by atoms with Crippen LogP contribution in [0.15, 0.2) is 45.8 Å². The van der Waals surface area contributed by atoms with Gasteiger partial charge in [-0.1, -0.05) is 26.8 Å². The first-order chi connectivity index (χ1) is 14.0. The number of anilines is 2. The van der Waals surface area contributed by atoms with Gasteiger partial charge in [-0.2, -0.15) is 0 Å². The molecule has 9 heteroatoms. The zero-order valence-corrected chi connectivity index (χ0v) is 18.8. The molecular formula is C21H27N5O3S. The SMILES string of the molecule is Cc1ccc(C(N=c2[nH][s+]([O-])nc2Nc2cccc(C(=O)N(C)C)c2)C(C)(C)C)o1. The quantitative estimate of drug-likeness (QED) is 0.592. The van der Waals surface area contributed by atoms with Gasteiger partial charge in [0.15, 0.2) is 11.1 Å². The number of aryl methyl sites for hydroxylation is 1.